The molecular weight excluding hydrogens is 368 g/mol. The molecule has 27 heavy (non-hydrogen) atoms. The Bertz CT molecular complexity index is 712. The van der Waals surface area contributed by atoms with Gasteiger partial charge in [0.05, 0.1) is 12.4 Å². The van der Waals surface area contributed by atoms with Gasteiger partial charge in [-0.3, -0.25) is 13.8 Å². The highest BCUT2D eigenvalue weighted by Gasteiger charge is 2.60. The molecule has 8 heteroatoms. The summed E-state index contributed by atoms with van der Waals surface area (Å²) in [6, 6.07) is 0. The van der Waals surface area contributed by atoms with Gasteiger partial charge >= 0.3 is 0 Å². The van der Waals surface area contributed by atoms with Gasteiger partial charge < -0.3 is 10.6 Å². The molecular formula is C19H32N2O5S. The third-order valence-electron chi connectivity index (χ3n) is 5.46. The fourth-order valence-corrected chi connectivity index (χ4v) is 5.52. The Morgan fingerprint density at radius 3 is 2.41 bits per heavy atom. The van der Waals surface area contributed by atoms with Crippen LogP contribution in [0.5, 0.6) is 0 Å². The minimum absolute atomic E-state index is 0.0901. The van der Waals surface area contributed by atoms with Crippen LogP contribution in [0.25, 0.3) is 0 Å². The summed E-state index contributed by atoms with van der Waals surface area (Å²) in [5.74, 6) is -0.393. The van der Waals surface area contributed by atoms with Gasteiger partial charge in [-0.05, 0) is 64.2 Å². The minimum Gasteiger partial charge on any atom is -0.349 e. The van der Waals surface area contributed by atoms with Gasteiger partial charge in [0.15, 0.2) is 0 Å². The van der Waals surface area contributed by atoms with Crippen molar-refractivity contribution in [1.29, 1.82) is 0 Å². The van der Waals surface area contributed by atoms with E-state index in [1.54, 1.807) is 6.08 Å². The van der Waals surface area contributed by atoms with Crippen molar-refractivity contribution in [1.82, 2.24) is 10.6 Å². The molecule has 0 bridgehead atoms. The van der Waals surface area contributed by atoms with E-state index < -0.39 is 21.2 Å². The Hall–Kier alpha value is -1.41. The fourth-order valence-electron chi connectivity index (χ4n) is 4.87. The summed E-state index contributed by atoms with van der Waals surface area (Å²) < 4.78 is 28.2. The maximum Gasteiger partial charge on any atom is 0.264 e. The SMILES string of the molecule is C=CC[C@H]1[C@@H]2C[C@H](OS(C)(=O)=O)C[C@@H]2C[C@@]1(NC(C)=O)C(=O)NC(C)(C)C. The van der Waals surface area contributed by atoms with Crippen LogP contribution in [0.3, 0.4) is 0 Å². The Kier molecular flexibility index (Phi) is 6.11. The Labute approximate surface area is 162 Å². The standard InChI is InChI=1S/C19H32N2O5S/c1-7-8-16-15-10-14(26-27(6,24)25)9-13(15)11-19(16,20-12(2)22)17(23)21-18(3,4)5/h7,13-16H,1,8-11H2,2-6H3,(H,20,22)(H,21,23)/t13-,14-,15-,16+,19+/m1/s1. The van der Waals surface area contributed by atoms with Crippen molar-refractivity contribution in [2.24, 2.45) is 17.8 Å². The number of allylic oxidation sites excluding steroid dienone is 1. The van der Waals surface area contributed by atoms with Gasteiger partial charge in [0.25, 0.3) is 10.1 Å². The van der Waals surface area contributed by atoms with E-state index in [2.05, 4.69) is 17.2 Å². The second-order valence-corrected chi connectivity index (χ2v) is 10.6. The summed E-state index contributed by atoms with van der Waals surface area (Å²) >= 11 is 0. The van der Waals surface area contributed by atoms with Gasteiger partial charge in [-0.25, -0.2) is 0 Å². The Morgan fingerprint density at radius 1 is 1.30 bits per heavy atom. The van der Waals surface area contributed by atoms with Crippen molar-refractivity contribution < 1.29 is 22.2 Å². The fraction of sp³-hybridized carbons (Fsp3) is 0.789. The van der Waals surface area contributed by atoms with Crippen molar-refractivity contribution in [3.63, 3.8) is 0 Å². The summed E-state index contributed by atoms with van der Waals surface area (Å²) in [6.07, 6.45) is 4.60. The zero-order chi connectivity index (χ0) is 20.6. The molecule has 0 spiro atoms. The number of fused-ring (bicyclic) bond motifs is 1. The van der Waals surface area contributed by atoms with Gasteiger partial charge in [0.1, 0.15) is 5.54 Å². The molecule has 2 fully saturated rings. The van der Waals surface area contributed by atoms with Crippen LogP contribution in [0, 0.1) is 17.8 Å². The molecule has 7 nitrogen and oxygen atoms in total. The van der Waals surface area contributed by atoms with E-state index in [1.807, 2.05) is 20.8 Å². The zero-order valence-corrected chi connectivity index (χ0v) is 17.7. The molecule has 0 aromatic rings. The molecule has 0 heterocycles. The predicted molar refractivity (Wildman–Crippen MR) is 103 cm³/mol. The van der Waals surface area contributed by atoms with Crippen molar-refractivity contribution in [3.8, 4) is 0 Å². The molecule has 0 saturated heterocycles. The molecule has 0 aromatic carbocycles. The molecule has 0 aromatic heterocycles. The average Bonchev–Trinajstić information content (AvgIpc) is 2.92. The molecule has 0 aliphatic heterocycles. The van der Waals surface area contributed by atoms with Gasteiger partial charge in [-0.1, -0.05) is 6.08 Å². The largest absolute Gasteiger partial charge is 0.349 e. The quantitative estimate of drug-likeness (QED) is 0.522. The monoisotopic (exact) mass is 400 g/mol. The summed E-state index contributed by atoms with van der Waals surface area (Å²) in [4.78, 5) is 25.2. The third kappa shape index (κ3) is 5.10. The molecule has 2 rings (SSSR count). The number of nitrogens with one attached hydrogen (secondary N) is 2. The molecule has 0 radical (unpaired) electrons. The van der Waals surface area contributed by atoms with E-state index in [0.717, 1.165) is 6.26 Å². The number of carbonyl (C=O) groups excluding carboxylic acids is 2. The second-order valence-electron chi connectivity index (χ2n) is 9.01. The lowest BCUT2D eigenvalue weighted by atomic mass is 9.78. The normalized spacial score (nSPS) is 33.4. The van der Waals surface area contributed by atoms with E-state index in [1.165, 1.54) is 6.92 Å². The highest BCUT2D eigenvalue weighted by Crippen LogP contribution is 2.55. The molecule has 2 aliphatic rings. The molecule has 2 N–H and O–H groups in total. The van der Waals surface area contributed by atoms with Crippen LogP contribution in [-0.2, 0) is 23.9 Å². The van der Waals surface area contributed by atoms with Crippen LogP contribution >= 0.6 is 0 Å². The first-order valence-corrected chi connectivity index (χ1v) is 11.2. The third-order valence-corrected chi connectivity index (χ3v) is 6.09. The first-order chi connectivity index (χ1) is 12.3. The van der Waals surface area contributed by atoms with E-state index >= 15 is 0 Å². The minimum atomic E-state index is -3.53. The number of hydrogen-bond donors (Lipinski definition) is 2. The molecule has 154 valence electrons. The van der Waals surface area contributed by atoms with Crippen LogP contribution < -0.4 is 10.6 Å². The summed E-state index contributed by atoms with van der Waals surface area (Å²) in [5.41, 5.74) is -1.44. The topological polar surface area (TPSA) is 102 Å². The van der Waals surface area contributed by atoms with Gasteiger partial charge in [-0.15, -0.1) is 6.58 Å². The highest BCUT2D eigenvalue weighted by atomic mass is 32.2. The zero-order valence-electron chi connectivity index (χ0n) is 16.9. The van der Waals surface area contributed by atoms with Crippen molar-refractivity contribution in [2.75, 3.05) is 6.26 Å². The maximum absolute atomic E-state index is 13.3. The van der Waals surface area contributed by atoms with E-state index in [0.29, 0.717) is 25.7 Å². The summed E-state index contributed by atoms with van der Waals surface area (Å²) in [5, 5.41) is 5.97. The number of amides is 2. The van der Waals surface area contributed by atoms with Crippen LogP contribution in [0.4, 0.5) is 0 Å². The van der Waals surface area contributed by atoms with Crippen LogP contribution in [0.2, 0.25) is 0 Å². The van der Waals surface area contributed by atoms with Gasteiger partial charge in [0, 0.05) is 12.5 Å². The molecule has 2 saturated carbocycles. The molecule has 5 atom stereocenters. The summed E-state index contributed by atoms with van der Waals surface area (Å²) in [7, 11) is -3.53. The van der Waals surface area contributed by atoms with E-state index in [4.69, 9.17) is 4.18 Å². The van der Waals surface area contributed by atoms with Crippen molar-refractivity contribution >= 4 is 21.9 Å². The molecule has 2 aliphatic carbocycles. The molecule has 2 amide bonds. The van der Waals surface area contributed by atoms with Crippen LogP contribution in [-0.4, -0.2) is 43.7 Å². The second kappa shape index (κ2) is 7.54. The highest BCUT2D eigenvalue weighted by molar-refractivity contribution is 7.86. The first-order valence-electron chi connectivity index (χ1n) is 9.38. The Morgan fingerprint density at radius 2 is 1.93 bits per heavy atom. The number of rotatable bonds is 6. The smallest absolute Gasteiger partial charge is 0.264 e. The lowest BCUT2D eigenvalue weighted by Crippen LogP contribution is -2.63. The van der Waals surface area contributed by atoms with Gasteiger partial charge in [-0.2, -0.15) is 8.42 Å². The van der Waals surface area contributed by atoms with Crippen molar-refractivity contribution in [2.45, 2.75) is 70.6 Å². The average molecular weight is 401 g/mol. The van der Waals surface area contributed by atoms with Crippen molar-refractivity contribution in [3.05, 3.63) is 12.7 Å². The first kappa shape index (κ1) is 21.9. The van der Waals surface area contributed by atoms with Crippen LogP contribution in [0.1, 0.15) is 53.4 Å². The number of hydrogen-bond acceptors (Lipinski definition) is 5. The van der Waals surface area contributed by atoms with E-state index in [9.17, 15) is 18.0 Å². The number of carbonyl (C=O) groups is 2. The van der Waals surface area contributed by atoms with Crippen LogP contribution in [0.15, 0.2) is 12.7 Å². The van der Waals surface area contributed by atoms with E-state index in [-0.39, 0.29) is 35.7 Å². The maximum atomic E-state index is 13.3. The summed E-state index contributed by atoms with van der Waals surface area (Å²) in [6.45, 7) is 11.0. The predicted octanol–water partition coefficient (Wildman–Crippen LogP) is 1.74. The molecule has 0 unspecified atom stereocenters. The Balaban J connectivity index is 2.34. The lowest BCUT2D eigenvalue weighted by Gasteiger charge is -2.39. The lowest BCUT2D eigenvalue weighted by molar-refractivity contribution is -0.136. The van der Waals surface area contributed by atoms with Gasteiger partial charge in [0.2, 0.25) is 11.8 Å².